The lowest BCUT2D eigenvalue weighted by Gasteiger charge is -2.49. The Morgan fingerprint density at radius 3 is 2.48 bits per heavy atom. The molecule has 3 fully saturated rings. The zero-order valence-electron chi connectivity index (χ0n) is 14.3. The van der Waals surface area contributed by atoms with Crippen molar-refractivity contribution in [1.82, 2.24) is 4.90 Å². The Morgan fingerprint density at radius 1 is 1.04 bits per heavy atom. The van der Waals surface area contributed by atoms with E-state index in [2.05, 4.69) is 11.0 Å². The van der Waals surface area contributed by atoms with Crippen molar-refractivity contribution in [2.24, 2.45) is 5.92 Å². The van der Waals surface area contributed by atoms with Crippen LogP contribution in [0.4, 0.5) is 0 Å². The minimum atomic E-state index is -0.213. The van der Waals surface area contributed by atoms with Gasteiger partial charge < -0.3 is 9.84 Å². The van der Waals surface area contributed by atoms with Gasteiger partial charge in [-0.2, -0.15) is 0 Å². The Morgan fingerprint density at radius 2 is 1.80 bits per heavy atom. The van der Waals surface area contributed by atoms with E-state index in [0.717, 1.165) is 43.5 Å². The summed E-state index contributed by atoms with van der Waals surface area (Å²) in [6.07, 6.45) is 2.89. The number of benzene rings is 2. The average molecular weight is 358 g/mol. The maximum atomic E-state index is 10.6. The van der Waals surface area contributed by atoms with E-state index < -0.39 is 0 Å². The van der Waals surface area contributed by atoms with E-state index in [4.69, 9.17) is 16.3 Å². The van der Waals surface area contributed by atoms with E-state index >= 15 is 0 Å². The van der Waals surface area contributed by atoms with Crippen LogP contribution in [-0.4, -0.2) is 35.2 Å². The van der Waals surface area contributed by atoms with E-state index in [0.29, 0.717) is 23.3 Å². The molecule has 4 heteroatoms. The summed E-state index contributed by atoms with van der Waals surface area (Å²) in [5, 5.41) is 11.2. The van der Waals surface area contributed by atoms with Gasteiger partial charge in [-0.15, -0.1) is 0 Å². The molecule has 5 rings (SSSR count). The lowest BCUT2D eigenvalue weighted by Crippen LogP contribution is -2.58. The van der Waals surface area contributed by atoms with Crippen molar-refractivity contribution in [3.63, 3.8) is 0 Å². The van der Waals surface area contributed by atoms with Crippen LogP contribution in [-0.2, 0) is 13.0 Å². The van der Waals surface area contributed by atoms with E-state index in [1.807, 2.05) is 42.5 Å². The molecule has 0 aliphatic carbocycles. The van der Waals surface area contributed by atoms with Crippen molar-refractivity contribution in [3.8, 4) is 5.75 Å². The molecule has 3 heterocycles. The summed E-state index contributed by atoms with van der Waals surface area (Å²) < 4.78 is 5.85. The Hall–Kier alpha value is -1.55. The lowest BCUT2D eigenvalue weighted by molar-refractivity contribution is -0.0715. The first kappa shape index (κ1) is 16.9. The van der Waals surface area contributed by atoms with Gasteiger partial charge in [-0.05, 0) is 61.5 Å². The highest BCUT2D eigenvalue weighted by Crippen LogP contribution is 2.35. The molecule has 2 aromatic rings. The molecule has 2 bridgehead atoms. The molecule has 3 nitrogen and oxygen atoms in total. The zero-order valence-corrected chi connectivity index (χ0v) is 15.0. The minimum Gasteiger partial charge on any atom is -0.487 e. The number of ether oxygens (including phenoxy) is 1. The van der Waals surface area contributed by atoms with Crippen LogP contribution in [0.3, 0.4) is 0 Å². The van der Waals surface area contributed by atoms with E-state index in [-0.39, 0.29) is 12.1 Å². The predicted molar refractivity (Wildman–Crippen MR) is 100 cm³/mol. The van der Waals surface area contributed by atoms with E-state index in [1.54, 1.807) is 0 Å². The van der Waals surface area contributed by atoms with Gasteiger partial charge in [0.25, 0.3) is 0 Å². The van der Waals surface area contributed by atoms with Crippen LogP contribution in [0.1, 0.15) is 24.0 Å². The maximum absolute atomic E-state index is 10.6. The fourth-order valence-electron chi connectivity index (χ4n) is 4.14. The Balaban J connectivity index is 1.41. The highest BCUT2D eigenvalue weighted by atomic mass is 35.5. The largest absolute Gasteiger partial charge is 0.487 e. The first-order chi connectivity index (χ1) is 12.2. The molecule has 25 heavy (non-hydrogen) atoms. The third-order valence-electron chi connectivity index (χ3n) is 5.60. The number of halogens is 1. The summed E-state index contributed by atoms with van der Waals surface area (Å²) in [7, 11) is 0. The van der Waals surface area contributed by atoms with Crippen molar-refractivity contribution >= 4 is 11.6 Å². The molecule has 0 amide bonds. The number of aliphatic hydroxyl groups excluding tert-OH is 1. The predicted octanol–water partition coefficient (Wildman–Crippen LogP) is 3.92. The van der Waals surface area contributed by atoms with Gasteiger partial charge in [0, 0.05) is 6.04 Å². The number of nitrogens with zero attached hydrogens (tertiary/aromatic N) is 1. The second kappa shape index (κ2) is 7.36. The Kier molecular flexibility index (Phi) is 4.98. The summed E-state index contributed by atoms with van der Waals surface area (Å²) in [5.74, 6) is 1.18. The normalized spacial score (nSPS) is 28.1. The van der Waals surface area contributed by atoms with Gasteiger partial charge in [0.1, 0.15) is 12.4 Å². The third-order valence-corrected chi connectivity index (χ3v) is 5.89. The number of hydrogen-bond donors (Lipinski definition) is 1. The number of aliphatic hydroxyl groups is 1. The summed E-state index contributed by atoms with van der Waals surface area (Å²) in [4.78, 5) is 2.43. The Bertz CT molecular complexity index is 711. The van der Waals surface area contributed by atoms with Crippen molar-refractivity contribution in [3.05, 3.63) is 64.7 Å². The first-order valence-corrected chi connectivity index (χ1v) is 9.46. The molecule has 3 aliphatic heterocycles. The van der Waals surface area contributed by atoms with Gasteiger partial charge in [0.05, 0.1) is 11.1 Å². The molecular weight excluding hydrogens is 334 g/mol. The molecule has 0 spiro atoms. The summed E-state index contributed by atoms with van der Waals surface area (Å²) in [5.41, 5.74) is 2.28. The van der Waals surface area contributed by atoms with Crippen LogP contribution in [0.2, 0.25) is 5.02 Å². The SMILES string of the molecule is OC1C2CCN(CC2)C1Cc1ccc(OCc2ccccc2)c(Cl)c1. The van der Waals surface area contributed by atoms with Crippen molar-refractivity contribution < 1.29 is 9.84 Å². The molecule has 3 aliphatic rings. The average Bonchev–Trinajstić information content (AvgIpc) is 2.65. The van der Waals surface area contributed by atoms with Crippen molar-refractivity contribution in [2.75, 3.05) is 13.1 Å². The zero-order chi connectivity index (χ0) is 17.2. The molecule has 0 radical (unpaired) electrons. The molecule has 2 aromatic carbocycles. The van der Waals surface area contributed by atoms with Gasteiger partial charge in [0.15, 0.2) is 0 Å². The fourth-order valence-corrected chi connectivity index (χ4v) is 4.40. The van der Waals surface area contributed by atoms with Gasteiger partial charge >= 0.3 is 0 Å². The number of fused-ring (bicyclic) bond motifs is 3. The van der Waals surface area contributed by atoms with Crippen LogP contribution in [0.25, 0.3) is 0 Å². The molecule has 0 saturated carbocycles. The smallest absolute Gasteiger partial charge is 0.138 e. The van der Waals surface area contributed by atoms with E-state index in [1.165, 1.54) is 0 Å². The Labute approximate surface area is 154 Å². The van der Waals surface area contributed by atoms with Gasteiger partial charge in [0.2, 0.25) is 0 Å². The fraction of sp³-hybridized carbons (Fsp3) is 0.429. The second-order valence-corrected chi connectivity index (χ2v) is 7.58. The number of rotatable bonds is 5. The summed E-state index contributed by atoms with van der Waals surface area (Å²) in [6.45, 7) is 2.73. The molecule has 2 atom stereocenters. The van der Waals surface area contributed by atoms with Crippen LogP contribution in [0.5, 0.6) is 5.75 Å². The first-order valence-electron chi connectivity index (χ1n) is 9.08. The molecule has 132 valence electrons. The molecule has 0 aromatic heterocycles. The highest BCUT2D eigenvalue weighted by molar-refractivity contribution is 6.32. The topological polar surface area (TPSA) is 32.7 Å². The van der Waals surface area contributed by atoms with E-state index in [9.17, 15) is 5.11 Å². The molecule has 1 N–H and O–H groups in total. The van der Waals surface area contributed by atoms with Crippen LogP contribution < -0.4 is 4.74 Å². The minimum absolute atomic E-state index is 0.213. The van der Waals surface area contributed by atoms with Gasteiger partial charge in [-0.1, -0.05) is 48.0 Å². The highest BCUT2D eigenvalue weighted by Gasteiger charge is 2.40. The molecular formula is C21H24ClNO2. The quantitative estimate of drug-likeness (QED) is 0.880. The third kappa shape index (κ3) is 3.69. The monoisotopic (exact) mass is 357 g/mol. The second-order valence-electron chi connectivity index (χ2n) is 7.17. The van der Waals surface area contributed by atoms with Crippen LogP contribution in [0.15, 0.2) is 48.5 Å². The summed E-state index contributed by atoms with van der Waals surface area (Å²) in [6, 6.07) is 16.3. The maximum Gasteiger partial charge on any atom is 0.138 e. The summed E-state index contributed by atoms with van der Waals surface area (Å²) >= 11 is 6.43. The van der Waals surface area contributed by atoms with Crippen LogP contribution in [0, 0.1) is 5.92 Å². The molecule has 2 unspecified atom stereocenters. The molecule has 3 saturated heterocycles. The van der Waals surface area contributed by atoms with Crippen LogP contribution >= 0.6 is 11.6 Å². The lowest BCUT2D eigenvalue weighted by atomic mass is 9.78. The van der Waals surface area contributed by atoms with Crippen molar-refractivity contribution in [1.29, 1.82) is 0 Å². The van der Waals surface area contributed by atoms with Crippen molar-refractivity contribution in [2.45, 2.75) is 38.0 Å². The number of piperidine rings is 3. The standard InChI is InChI=1S/C21H24ClNO2/c22-18-12-16(13-19-21(24)17-8-10-23(19)11-9-17)6-7-20(18)25-14-15-4-2-1-3-5-15/h1-7,12,17,19,21,24H,8-11,13-14H2. The van der Waals surface area contributed by atoms with Gasteiger partial charge in [-0.3, -0.25) is 4.90 Å². The van der Waals surface area contributed by atoms with Gasteiger partial charge in [-0.25, -0.2) is 0 Å². The number of hydrogen-bond acceptors (Lipinski definition) is 3.